The zero-order chi connectivity index (χ0) is 19.8. The molecule has 0 aromatic carbocycles. The molecule has 0 unspecified atom stereocenters. The predicted molar refractivity (Wildman–Crippen MR) is 81.6 cm³/mol. The van der Waals surface area contributed by atoms with Crippen molar-refractivity contribution in [2.24, 2.45) is 0 Å². The number of carbonyl (C=O) groups excluding carboxylic acids is 1. The summed E-state index contributed by atoms with van der Waals surface area (Å²) >= 11 is 0. The Balaban J connectivity index is 1.62. The topological polar surface area (TPSA) is 88.7 Å². The van der Waals surface area contributed by atoms with E-state index in [9.17, 15) is 27.5 Å². The number of aryl methyl sites for hydroxylation is 1. The van der Waals surface area contributed by atoms with Crippen molar-refractivity contribution in [3.63, 3.8) is 0 Å². The molecular weight excluding hydrogens is 374 g/mol. The van der Waals surface area contributed by atoms with Crippen LogP contribution in [0.15, 0.2) is 22.9 Å². The summed E-state index contributed by atoms with van der Waals surface area (Å²) in [6, 6.07) is 1.18. The number of amides is 1. The van der Waals surface area contributed by atoms with Crippen LogP contribution in [0.5, 0.6) is 5.75 Å². The Hall–Kier alpha value is -2.69. The Morgan fingerprint density at radius 2 is 2.19 bits per heavy atom. The van der Waals surface area contributed by atoms with Gasteiger partial charge in [-0.15, -0.1) is 0 Å². The molecule has 1 saturated heterocycles. The van der Waals surface area contributed by atoms with Gasteiger partial charge in [0.05, 0.1) is 19.3 Å². The van der Waals surface area contributed by atoms with Crippen molar-refractivity contribution in [3.05, 3.63) is 41.4 Å². The van der Waals surface area contributed by atoms with Gasteiger partial charge in [0, 0.05) is 0 Å². The van der Waals surface area contributed by atoms with Crippen LogP contribution in [-0.2, 0) is 12.8 Å². The zero-order valence-corrected chi connectivity index (χ0v) is 14.0. The highest BCUT2D eigenvalue weighted by atomic mass is 19.4. The van der Waals surface area contributed by atoms with Crippen molar-refractivity contribution in [2.45, 2.75) is 32.0 Å². The summed E-state index contributed by atoms with van der Waals surface area (Å²) in [7, 11) is 0. The fourth-order valence-electron chi connectivity index (χ4n) is 2.62. The van der Waals surface area contributed by atoms with E-state index in [1.807, 2.05) is 0 Å². The van der Waals surface area contributed by atoms with Crippen molar-refractivity contribution in [1.29, 1.82) is 0 Å². The van der Waals surface area contributed by atoms with Gasteiger partial charge in [-0.2, -0.15) is 13.2 Å². The van der Waals surface area contributed by atoms with Crippen molar-refractivity contribution in [3.8, 4) is 5.75 Å². The smallest absolute Gasteiger partial charge is 0.433 e. The van der Waals surface area contributed by atoms with Gasteiger partial charge < -0.3 is 19.2 Å². The Kier molecular flexibility index (Phi) is 5.05. The second-order valence-corrected chi connectivity index (χ2v) is 6.04. The largest absolute Gasteiger partial charge is 0.482 e. The highest BCUT2D eigenvalue weighted by Gasteiger charge is 2.36. The molecule has 1 aliphatic rings. The summed E-state index contributed by atoms with van der Waals surface area (Å²) < 4.78 is 61.7. The molecule has 0 saturated carbocycles. The van der Waals surface area contributed by atoms with Crippen LogP contribution in [0.2, 0.25) is 0 Å². The molecule has 1 aliphatic heterocycles. The van der Waals surface area contributed by atoms with Gasteiger partial charge in [0.15, 0.2) is 12.3 Å². The average molecular weight is 389 g/mol. The first kappa shape index (κ1) is 19.1. The van der Waals surface area contributed by atoms with Crippen LogP contribution in [-0.4, -0.2) is 51.2 Å². The predicted octanol–water partition coefficient (Wildman–Crippen LogP) is 2.13. The highest BCUT2D eigenvalue weighted by Crippen LogP contribution is 2.31. The number of pyridine rings is 1. The Morgan fingerprint density at radius 1 is 1.44 bits per heavy atom. The second kappa shape index (κ2) is 7.14. The number of halogens is 4. The summed E-state index contributed by atoms with van der Waals surface area (Å²) in [5, 5.41) is 9.36. The van der Waals surface area contributed by atoms with Gasteiger partial charge in [0.1, 0.15) is 30.0 Å². The van der Waals surface area contributed by atoms with Crippen molar-refractivity contribution < 1.29 is 36.6 Å². The maximum Gasteiger partial charge on any atom is 0.433 e. The molecule has 1 N–H and O–H groups in total. The Labute approximate surface area is 150 Å². The normalized spacial score (nSPS) is 20.1. The van der Waals surface area contributed by atoms with E-state index in [4.69, 9.17) is 9.15 Å². The van der Waals surface area contributed by atoms with Crippen molar-refractivity contribution >= 4 is 5.91 Å². The number of aliphatic hydroxyl groups is 1. The lowest BCUT2D eigenvalue weighted by Gasteiger charge is -2.12. The number of nitrogens with zero attached hydrogens (tertiary/aromatic N) is 3. The molecule has 0 radical (unpaired) electrons. The molecule has 2 aromatic heterocycles. The highest BCUT2D eigenvalue weighted by molar-refractivity contribution is 5.92. The van der Waals surface area contributed by atoms with Crippen LogP contribution in [0.25, 0.3) is 0 Å². The fraction of sp³-hybridized carbons (Fsp3) is 0.438. The number of hydrogen-bond acceptors (Lipinski definition) is 6. The van der Waals surface area contributed by atoms with E-state index in [1.54, 1.807) is 0 Å². The molecule has 3 rings (SSSR count). The van der Waals surface area contributed by atoms with E-state index >= 15 is 0 Å². The van der Waals surface area contributed by atoms with Gasteiger partial charge in [0.2, 0.25) is 5.89 Å². The van der Waals surface area contributed by atoms with Crippen LogP contribution in [0.3, 0.4) is 0 Å². The maximum absolute atomic E-state index is 13.3. The first-order valence-electron chi connectivity index (χ1n) is 7.87. The van der Waals surface area contributed by atoms with Crippen LogP contribution in [0.4, 0.5) is 17.6 Å². The first-order chi connectivity index (χ1) is 12.6. The number of carbonyl (C=O) groups is 1. The molecule has 1 fully saturated rings. The Bertz CT molecular complexity index is 829. The van der Waals surface area contributed by atoms with Crippen molar-refractivity contribution in [2.75, 3.05) is 13.1 Å². The average Bonchev–Trinajstić information content (AvgIpc) is 3.18. The minimum absolute atomic E-state index is 0.00689. The molecule has 11 heteroatoms. The van der Waals surface area contributed by atoms with E-state index in [0.29, 0.717) is 0 Å². The van der Waals surface area contributed by atoms with Crippen LogP contribution in [0, 0.1) is 6.92 Å². The first-order valence-corrected chi connectivity index (χ1v) is 7.87. The molecule has 7 nitrogen and oxygen atoms in total. The van der Waals surface area contributed by atoms with E-state index in [2.05, 4.69) is 9.97 Å². The molecule has 0 bridgehead atoms. The minimum atomic E-state index is -4.55. The summed E-state index contributed by atoms with van der Waals surface area (Å²) in [4.78, 5) is 20.5. The summed E-state index contributed by atoms with van der Waals surface area (Å²) in [6.07, 6.45) is -5.31. The summed E-state index contributed by atoms with van der Waals surface area (Å²) in [5.74, 6) is -0.516. The molecule has 27 heavy (non-hydrogen) atoms. The number of alkyl halides is 4. The van der Waals surface area contributed by atoms with Gasteiger partial charge in [-0.1, -0.05) is 0 Å². The molecule has 3 heterocycles. The van der Waals surface area contributed by atoms with Crippen LogP contribution in [0.1, 0.15) is 27.6 Å². The number of hydrogen-bond donors (Lipinski definition) is 1. The third kappa shape index (κ3) is 4.18. The van der Waals surface area contributed by atoms with Gasteiger partial charge in [-0.3, -0.25) is 4.79 Å². The van der Waals surface area contributed by atoms with Gasteiger partial charge in [-0.05, 0) is 18.6 Å². The Morgan fingerprint density at radius 3 is 2.78 bits per heavy atom. The SMILES string of the molecule is Cc1cc(OCc2nc(C(=O)N3C[C@@H](O)[C@H](F)C3)co2)cnc1C(F)(F)F. The third-order valence-corrected chi connectivity index (χ3v) is 3.96. The number of β-amino-alcohol motifs (C(OH)–C–C–N with tert-alkyl or cyclic N) is 1. The fourth-order valence-corrected chi connectivity index (χ4v) is 2.62. The second-order valence-electron chi connectivity index (χ2n) is 6.04. The lowest BCUT2D eigenvalue weighted by Crippen LogP contribution is -2.29. The molecule has 0 spiro atoms. The number of ether oxygens (including phenoxy) is 1. The van der Waals surface area contributed by atoms with Gasteiger partial charge in [-0.25, -0.2) is 14.4 Å². The van der Waals surface area contributed by atoms with Gasteiger partial charge >= 0.3 is 6.18 Å². The van der Waals surface area contributed by atoms with Crippen LogP contribution < -0.4 is 4.74 Å². The summed E-state index contributed by atoms with van der Waals surface area (Å²) in [5.41, 5.74) is -1.19. The van der Waals surface area contributed by atoms with E-state index in [0.717, 1.165) is 17.4 Å². The lowest BCUT2D eigenvalue weighted by molar-refractivity contribution is -0.141. The lowest BCUT2D eigenvalue weighted by atomic mass is 10.2. The molecule has 2 atom stereocenters. The third-order valence-electron chi connectivity index (χ3n) is 3.96. The van der Waals surface area contributed by atoms with E-state index < -0.39 is 30.1 Å². The quantitative estimate of drug-likeness (QED) is 0.806. The standard InChI is InChI=1S/C16H15F4N3O4/c1-8-2-9(3-21-14(8)16(18,19)20)26-7-13-22-11(6-27-13)15(25)23-4-10(17)12(24)5-23/h2-3,6,10,12,24H,4-5,7H2,1H3/t10-,12-/m1/s1. The number of aromatic nitrogens is 2. The molecule has 146 valence electrons. The minimum Gasteiger partial charge on any atom is -0.482 e. The molecule has 2 aromatic rings. The molecular formula is C16H15F4N3O4. The van der Waals surface area contributed by atoms with E-state index in [-0.39, 0.29) is 42.6 Å². The number of likely N-dealkylation sites (tertiary alicyclic amines) is 1. The van der Waals surface area contributed by atoms with Gasteiger partial charge in [0.25, 0.3) is 5.91 Å². The molecule has 0 aliphatic carbocycles. The maximum atomic E-state index is 13.3. The zero-order valence-electron chi connectivity index (χ0n) is 14.0. The number of aliphatic hydroxyl groups excluding tert-OH is 1. The molecule has 1 amide bonds. The summed E-state index contributed by atoms with van der Waals surface area (Å²) in [6.45, 7) is 0.631. The van der Waals surface area contributed by atoms with Crippen molar-refractivity contribution in [1.82, 2.24) is 14.9 Å². The van der Waals surface area contributed by atoms with E-state index in [1.165, 1.54) is 13.0 Å². The monoisotopic (exact) mass is 389 g/mol. The number of rotatable bonds is 4. The van der Waals surface area contributed by atoms with Crippen LogP contribution >= 0.6 is 0 Å². The number of oxazole rings is 1.